The second-order valence-corrected chi connectivity index (χ2v) is 8.79. The lowest BCUT2D eigenvalue weighted by Gasteiger charge is -2.08. The van der Waals surface area contributed by atoms with Crippen LogP contribution in [0, 0.1) is 0 Å². The van der Waals surface area contributed by atoms with E-state index in [1.807, 2.05) is 50.8 Å². The Bertz CT molecular complexity index is 1040. The summed E-state index contributed by atoms with van der Waals surface area (Å²) >= 11 is 0. The highest BCUT2D eigenvalue weighted by molar-refractivity contribution is 7.86. The quantitative estimate of drug-likeness (QED) is 0.187. The third-order valence-corrected chi connectivity index (χ3v) is 4.55. The van der Waals surface area contributed by atoms with E-state index < -0.39 is 31.3 Å². The van der Waals surface area contributed by atoms with Crippen molar-refractivity contribution in [2.24, 2.45) is 14.1 Å². The van der Waals surface area contributed by atoms with Gasteiger partial charge in [0.2, 0.25) is 0 Å². The van der Waals surface area contributed by atoms with Gasteiger partial charge in [-0.05, 0) is 12.1 Å². The summed E-state index contributed by atoms with van der Waals surface area (Å²) in [6.45, 7) is 1.76. The Morgan fingerprint density at radius 1 is 0.706 bits per heavy atom. The molecule has 0 unspecified atom stereocenters. The first kappa shape index (κ1) is 31.3. The molecule has 0 saturated carbocycles. The van der Waals surface area contributed by atoms with E-state index in [-0.39, 0.29) is 0 Å². The van der Waals surface area contributed by atoms with Gasteiger partial charge in [-0.1, -0.05) is 12.1 Å². The number of rotatable bonds is 5. The molecule has 2 rings (SSSR count). The van der Waals surface area contributed by atoms with Gasteiger partial charge in [0.25, 0.3) is 11.6 Å². The number of anilines is 2. The number of aromatic nitrogens is 2. The van der Waals surface area contributed by atoms with Crippen molar-refractivity contribution >= 4 is 31.9 Å². The fraction of sp³-hybridized carbons (Fsp3) is 0.375. The Kier molecular flexibility index (Phi) is 11.7. The van der Waals surface area contributed by atoms with Crippen molar-refractivity contribution in [3.63, 3.8) is 0 Å². The minimum Gasteiger partial charge on any atom is -0.741 e. The first-order valence-electron chi connectivity index (χ1n) is 8.68. The number of halogens is 6. The van der Waals surface area contributed by atoms with Gasteiger partial charge in [-0.3, -0.25) is 10.6 Å². The molecule has 18 heteroatoms. The topological polar surface area (TPSA) is 146 Å². The summed E-state index contributed by atoms with van der Waals surface area (Å²) in [6, 6.07) is 12.3. The first-order valence-corrected chi connectivity index (χ1v) is 11.5. The van der Waals surface area contributed by atoms with Crippen LogP contribution in [0.5, 0.6) is 0 Å². The Morgan fingerprint density at radius 3 is 1.18 bits per heavy atom. The molecule has 2 N–H and O–H groups in total. The van der Waals surface area contributed by atoms with Crippen LogP contribution in [0.2, 0.25) is 0 Å². The zero-order valence-electron chi connectivity index (χ0n) is 17.5. The largest absolute Gasteiger partial charge is 0.741 e. The number of aryl methyl sites for hydroxylation is 2. The predicted molar refractivity (Wildman–Crippen MR) is 104 cm³/mol. The summed E-state index contributed by atoms with van der Waals surface area (Å²) in [5.41, 5.74) is -11.3. The van der Waals surface area contributed by atoms with E-state index in [4.69, 9.17) is 25.9 Å². The standard InChI is InChI=1S/C14H18N4.2CHF3O3S/c1-17-11-5-3-7-13(17)15-9-10-16-14-8-4-6-12-18(14)2;2*2-1(3,4)8(5,6)7/h3-8,11-12H,9-10H2,1-2H3;2*(H,5,6,7). The zero-order chi connectivity index (χ0) is 26.8. The molecule has 0 saturated heterocycles. The molecular weight excluding hydrogens is 522 g/mol. The molecule has 0 aliphatic rings. The second-order valence-electron chi connectivity index (χ2n) is 6.05. The van der Waals surface area contributed by atoms with Crippen molar-refractivity contribution < 1.29 is 61.4 Å². The molecule has 2 aromatic heterocycles. The van der Waals surface area contributed by atoms with Gasteiger partial charge in [0, 0.05) is 12.1 Å². The van der Waals surface area contributed by atoms with E-state index in [9.17, 15) is 26.3 Å². The van der Waals surface area contributed by atoms with E-state index in [2.05, 4.69) is 31.9 Å². The van der Waals surface area contributed by atoms with Crippen LogP contribution in [0.15, 0.2) is 48.8 Å². The van der Waals surface area contributed by atoms with Crippen molar-refractivity contribution in [1.29, 1.82) is 0 Å². The lowest BCUT2D eigenvalue weighted by Crippen LogP contribution is -2.35. The SMILES string of the molecule is C[n+]1ccccc1NCCNc1cccc[n+]1C.O=S(=O)([O-])C(F)(F)F.O=S(=O)([O-])C(F)(F)F. The van der Waals surface area contributed by atoms with Crippen LogP contribution in [-0.4, -0.2) is 50.0 Å². The van der Waals surface area contributed by atoms with E-state index in [1.54, 1.807) is 0 Å². The number of nitrogens with one attached hydrogen (secondary N) is 2. The molecule has 2 aromatic rings. The first-order chi connectivity index (χ1) is 15.3. The predicted octanol–water partition coefficient (Wildman–Crippen LogP) is 0.962. The Hall–Kier alpha value is -2.70. The number of hydrogen-bond acceptors (Lipinski definition) is 8. The molecule has 34 heavy (non-hydrogen) atoms. The molecule has 194 valence electrons. The number of pyridine rings is 2. The van der Waals surface area contributed by atoms with Crippen LogP contribution in [0.1, 0.15) is 0 Å². The maximum Gasteiger partial charge on any atom is 0.485 e. The van der Waals surface area contributed by atoms with Gasteiger partial charge < -0.3 is 9.11 Å². The second kappa shape index (κ2) is 12.7. The third kappa shape index (κ3) is 12.0. The zero-order valence-corrected chi connectivity index (χ0v) is 19.1. The number of hydrogen-bond donors (Lipinski definition) is 2. The average Bonchev–Trinajstić information content (AvgIpc) is 2.66. The van der Waals surface area contributed by atoms with Crippen LogP contribution >= 0.6 is 0 Å². The lowest BCUT2D eigenvalue weighted by molar-refractivity contribution is -0.657. The molecule has 10 nitrogen and oxygen atoms in total. The van der Waals surface area contributed by atoms with Gasteiger partial charge in [-0.15, -0.1) is 0 Å². The van der Waals surface area contributed by atoms with Crippen molar-refractivity contribution in [3.8, 4) is 0 Å². The summed E-state index contributed by atoms with van der Waals surface area (Å²) < 4.78 is 122. The van der Waals surface area contributed by atoms with E-state index in [1.165, 1.54) is 0 Å². The average molecular weight is 542 g/mol. The molecule has 0 bridgehead atoms. The monoisotopic (exact) mass is 542 g/mol. The highest BCUT2D eigenvalue weighted by Crippen LogP contribution is 2.21. The molecule has 0 aromatic carbocycles. The molecule has 0 atom stereocenters. The number of nitrogens with zero attached hydrogens (tertiary/aromatic N) is 2. The van der Waals surface area contributed by atoms with E-state index in [0.717, 1.165) is 24.7 Å². The Morgan fingerprint density at radius 2 is 0.971 bits per heavy atom. The molecule has 0 amide bonds. The van der Waals surface area contributed by atoms with Crippen molar-refractivity contribution in [2.75, 3.05) is 23.7 Å². The fourth-order valence-corrected chi connectivity index (χ4v) is 1.80. The summed E-state index contributed by atoms with van der Waals surface area (Å²) in [4.78, 5) is 0. The summed E-state index contributed by atoms with van der Waals surface area (Å²) in [5.74, 6) is 2.24. The van der Waals surface area contributed by atoms with Crippen LogP contribution in [-0.2, 0) is 34.3 Å². The highest BCUT2D eigenvalue weighted by atomic mass is 32.2. The molecular formula is C16H20F6N4O6S2. The smallest absolute Gasteiger partial charge is 0.485 e. The van der Waals surface area contributed by atoms with Gasteiger partial charge in [-0.25, -0.2) is 26.0 Å². The molecule has 0 radical (unpaired) electrons. The maximum absolute atomic E-state index is 10.7. The van der Waals surface area contributed by atoms with Crippen LogP contribution in [0.3, 0.4) is 0 Å². The molecule has 0 spiro atoms. The summed E-state index contributed by atoms with van der Waals surface area (Å²) in [5, 5.41) is 6.79. The van der Waals surface area contributed by atoms with Gasteiger partial charge in [0.05, 0.1) is 26.5 Å². The highest BCUT2D eigenvalue weighted by Gasteiger charge is 2.37. The van der Waals surface area contributed by atoms with Crippen LogP contribution in [0.25, 0.3) is 0 Å². The Balaban J connectivity index is 0.000000570. The van der Waals surface area contributed by atoms with Gasteiger partial charge in [0.15, 0.2) is 20.2 Å². The van der Waals surface area contributed by atoms with Crippen molar-refractivity contribution in [1.82, 2.24) is 0 Å². The summed E-state index contributed by atoms with van der Waals surface area (Å²) in [7, 11) is -8.11. The summed E-state index contributed by atoms with van der Waals surface area (Å²) in [6.07, 6.45) is 4.07. The number of alkyl halides is 6. The third-order valence-electron chi connectivity index (χ3n) is 3.41. The molecule has 0 fully saturated rings. The van der Waals surface area contributed by atoms with E-state index in [0.29, 0.717) is 0 Å². The Labute approximate surface area is 191 Å². The molecule has 0 aliphatic carbocycles. The lowest BCUT2D eigenvalue weighted by atomic mass is 10.4. The van der Waals surface area contributed by atoms with Crippen LogP contribution in [0.4, 0.5) is 38.0 Å². The minimum atomic E-state index is -6.09. The van der Waals surface area contributed by atoms with Gasteiger partial charge >= 0.3 is 11.0 Å². The fourth-order valence-electron chi connectivity index (χ4n) is 1.80. The molecule has 2 heterocycles. The van der Waals surface area contributed by atoms with Gasteiger partial charge in [0.1, 0.15) is 13.1 Å². The molecule has 0 aliphatic heterocycles. The normalized spacial score (nSPS) is 11.9. The van der Waals surface area contributed by atoms with Crippen molar-refractivity contribution in [2.45, 2.75) is 11.0 Å². The van der Waals surface area contributed by atoms with Crippen LogP contribution < -0.4 is 19.8 Å². The van der Waals surface area contributed by atoms with E-state index >= 15 is 0 Å². The van der Waals surface area contributed by atoms with Gasteiger partial charge in [-0.2, -0.15) is 26.3 Å². The van der Waals surface area contributed by atoms with Crippen molar-refractivity contribution in [3.05, 3.63) is 48.8 Å². The maximum atomic E-state index is 10.7. The minimum absolute atomic E-state index is 0.882.